The SMILES string of the molecule is O=C(N[C@H]1CCCCC[C@@H]1n1nnc(-c2ccccc2)n1)c1ccccn1. The van der Waals surface area contributed by atoms with Gasteiger partial charge in [0.05, 0.1) is 12.1 Å². The summed E-state index contributed by atoms with van der Waals surface area (Å²) in [5.74, 6) is 0.450. The predicted molar refractivity (Wildman–Crippen MR) is 101 cm³/mol. The molecular weight excluding hydrogens is 340 g/mol. The summed E-state index contributed by atoms with van der Waals surface area (Å²) in [7, 11) is 0. The highest BCUT2D eigenvalue weighted by Crippen LogP contribution is 2.27. The summed E-state index contributed by atoms with van der Waals surface area (Å²) in [5.41, 5.74) is 1.36. The average molecular weight is 362 g/mol. The van der Waals surface area contributed by atoms with Gasteiger partial charge in [0.15, 0.2) is 0 Å². The van der Waals surface area contributed by atoms with Crippen LogP contribution in [-0.2, 0) is 0 Å². The summed E-state index contributed by atoms with van der Waals surface area (Å²) in [6.07, 6.45) is 6.74. The van der Waals surface area contributed by atoms with Gasteiger partial charge in [-0.25, -0.2) is 0 Å². The van der Waals surface area contributed by atoms with Crippen molar-refractivity contribution in [3.05, 3.63) is 60.4 Å². The molecule has 2 aromatic heterocycles. The smallest absolute Gasteiger partial charge is 0.270 e. The van der Waals surface area contributed by atoms with E-state index in [0.717, 1.165) is 37.7 Å². The molecule has 4 rings (SSSR count). The van der Waals surface area contributed by atoms with Gasteiger partial charge in [-0.1, -0.05) is 55.7 Å². The Morgan fingerprint density at radius 3 is 2.63 bits per heavy atom. The second-order valence-corrected chi connectivity index (χ2v) is 6.80. The molecule has 0 radical (unpaired) electrons. The van der Waals surface area contributed by atoms with Crippen molar-refractivity contribution in [3.8, 4) is 11.4 Å². The molecule has 2 atom stereocenters. The Morgan fingerprint density at radius 2 is 1.81 bits per heavy atom. The molecule has 1 fully saturated rings. The Morgan fingerprint density at radius 1 is 1.00 bits per heavy atom. The third-order valence-electron chi connectivity index (χ3n) is 4.95. The van der Waals surface area contributed by atoms with Gasteiger partial charge in [0.1, 0.15) is 5.69 Å². The summed E-state index contributed by atoms with van der Waals surface area (Å²) in [4.78, 5) is 18.4. The van der Waals surface area contributed by atoms with E-state index in [1.165, 1.54) is 0 Å². The number of pyridine rings is 1. The van der Waals surface area contributed by atoms with Crippen LogP contribution in [0, 0.1) is 0 Å². The minimum atomic E-state index is -0.157. The van der Waals surface area contributed by atoms with Crippen molar-refractivity contribution in [1.29, 1.82) is 0 Å². The van der Waals surface area contributed by atoms with Gasteiger partial charge in [0, 0.05) is 11.8 Å². The van der Waals surface area contributed by atoms with Crippen LogP contribution in [0.3, 0.4) is 0 Å². The lowest BCUT2D eigenvalue weighted by molar-refractivity contribution is 0.0910. The highest BCUT2D eigenvalue weighted by Gasteiger charge is 2.29. The normalized spacial score (nSPS) is 20.0. The summed E-state index contributed by atoms with van der Waals surface area (Å²) in [6.45, 7) is 0. The molecule has 0 saturated heterocycles. The van der Waals surface area contributed by atoms with Gasteiger partial charge < -0.3 is 5.32 Å². The molecule has 0 spiro atoms. The van der Waals surface area contributed by atoms with Crippen LogP contribution < -0.4 is 5.32 Å². The first kappa shape index (κ1) is 17.3. The zero-order valence-corrected chi connectivity index (χ0v) is 15.0. The van der Waals surface area contributed by atoms with E-state index in [1.54, 1.807) is 23.1 Å². The van der Waals surface area contributed by atoms with Crippen molar-refractivity contribution in [3.63, 3.8) is 0 Å². The second kappa shape index (κ2) is 8.07. The number of hydrogen-bond donors (Lipinski definition) is 1. The number of amides is 1. The molecule has 1 aromatic carbocycles. The van der Waals surface area contributed by atoms with Gasteiger partial charge in [-0.3, -0.25) is 9.78 Å². The zero-order chi connectivity index (χ0) is 18.5. The molecule has 7 heteroatoms. The van der Waals surface area contributed by atoms with Gasteiger partial charge in [-0.05, 0) is 30.2 Å². The van der Waals surface area contributed by atoms with Crippen LogP contribution in [0.5, 0.6) is 0 Å². The van der Waals surface area contributed by atoms with E-state index >= 15 is 0 Å². The molecule has 3 aromatic rings. The first-order valence-electron chi connectivity index (χ1n) is 9.38. The van der Waals surface area contributed by atoms with Gasteiger partial charge in [-0.2, -0.15) is 4.80 Å². The predicted octanol–water partition coefficient (Wildman–Crippen LogP) is 3.04. The number of carbonyl (C=O) groups excluding carboxylic acids is 1. The number of benzene rings is 1. The van der Waals surface area contributed by atoms with E-state index in [0.29, 0.717) is 11.5 Å². The van der Waals surface area contributed by atoms with Crippen LogP contribution in [0.25, 0.3) is 11.4 Å². The average Bonchev–Trinajstić information content (AvgIpc) is 3.10. The lowest BCUT2D eigenvalue weighted by Crippen LogP contribution is -2.41. The van der Waals surface area contributed by atoms with Gasteiger partial charge >= 0.3 is 0 Å². The molecule has 1 aliphatic carbocycles. The lowest BCUT2D eigenvalue weighted by Gasteiger charge is -2.24. The highest BCUT2D eigenvalue weighted by molar-refractivity contribution is 5.92. The van der Waals surface area contributed by atoms with Crippen LogP contribution in [0.4, 0.5) is 0 Å². The number of tetrazole rings is 1. The van der Waals surface area contributed by atoms with Gasteiger partial charge in [-0.15, -0.1) is 10.2 Å². The van der Waals surface area contributed by atoms with E-state index in [4.69, 9.17) is 0 Å². The third kappa shape index (κ3) is 4.02. The minimum Gasteiger partial charge on any atom is -0.346 e. The van der Waals surface area contributed by atoms with Crippen LogP contribution >= 0.6 is 0 Å². The minimum absolute atomic E-state index is 0.00914. The number of hydrogen-bond acceptors (Lipinski definition) is 5. The van der Waals surface area contributed by atoms with E-state index in [9.17, 15) is 4.79 Å². The molecule has 0 aliphatic heterocycles. The molecule has 1 amide bonds. The molecule has 0 bridgehead atoms. The second-order valence-electron chi connectivity index (χ2n) is 6.80. The lowest BCUT2D eigenvalue weighted by atomic mass is 10.0. The molecule has 27 heavy (non-hydrogen) atoms. The molecule has 1 N–H and O–H groups in total. The monoisotopic (exact) mass is 362 g/mol. The molecule has 2 heterocycles. The molecule has 1 saturated carbocycles. The molecular formula is C20H22N6O. The van der Waals surface area contributed by atoms with E-state index < -0.39 is 0 Å². The third-order valence-corrected chi connectivity index (χ3v) is 4.95. The molecule has 138 valence electrons. The molecule has 7 nitrogen and oxygen atoms in total. The van der Waals surface area contributed by atoms with Crippen molar-refractivity contribution in [2.24, 2.45) is 0 Å². The topological polar surface area (TPSA) is 85.6 Å². The maximum Gasteiger partial charge on any atom is 0.270 e. The van der Waals surface area contributed by atoms with E-state index in [2.05, 4.69) is 25.7 Å². The first-order valence-corrected chi connectivity index (χ1v) is 9.38. The first-order chi connectivity index (χ1) is 13.3. The number of rotatable bonds is 4. The number of nitrogens with one attached hydrogen (secondary N) is 1. The Kier molecular flexibility index (Phi) is 5.18. The Bertz CT molecular complexity index is 880. The van der Waals surface area contributed by atoms with Gasteiger partial charge in [0.25, 0.3) is 5.91 Å². The quantitative estimate of drug-likeness (QED) is 0.721. The fourth-order valence-electron chi connectivity index (χ4n) is 3.54. The van der Waals surface area contributed by atoms with E-state index in [1.807, 2.05) is 36.4 Å². The number of aromatic nitrogens is 5. The zero-order valence-electron chi connectivity index (χ0n) is 15.0. The fourth-order valence-corrected chi connectivity index (χ4v) is 3.54. The summed E-state index contributed by atoms with van der Waals surface area (Å²) in [6, 6.07) is 15.1. The van der Waals surface area contributed by atoms with Crippen molar-refractivity contribution in [1.82, 2.24) is 30.5 Å². The van der Waals surface area contributed by atoms with Crippen LogP contribution in [0.1, 0.15) is 48.6 Å². The van der Waals surface area contributed by atoms with Crippen molar-refractivity contribution < 1.29 is 4.79 Å². The van der Waals surface area contributed by atoms with Crippen LogP contribution in [0.15, 0.2) is 54.7 Å². The van der Waals surface area contributed by atoms with E-state index in [-0.39, 0.29) is 18.0 Å². The van der Waals surface area contributed by atoms with Crippen molar-refractivity contribution in [2.75, 3.05) is 0 Å². The summed E-state index contributed by atoms with van der Waals surface area (Å²) in [5, 5.41) is 16.3. The van der Waals surface area contributed by atoms with Crippen molar-refractivity contribution in [2.45, 2.75) is 44.2 Å². The Labute approximate surface area is 157 Å². The van der Waals surface area contributed by atoms with Crippen LogP contribution in [-0.4, -0.2) is 37.1 Å². The summed E-state index contributed by atoms with van der Waals surface area (Å²) < 4.78 is 0. The largest absolute Gasteiger partial charge is 0.346 e. The maximum atomic E-state index is 12.6. The number of nitrogens with zero attached hydrogens (tertiary/aromatic N) is 5. The summed E-state index contributed by atoms with van der Waals surface area (Å²) >= 11 is 0. The molecule has 1 aliphatic rings. The van der Waals surface area contributed by atoms with Gasteiger partial charge in [0.2, 0.25) is 5.82 Å². The Hall–Kier alpha value is -3.09. The highest BCUT2D eigenvalue weighted by atomic mass is 16.2. The Balaban J connectivity index is 1.55. The number of carbonyl (C=O) groups is 1. The van der Waals surface area contributed by atoms with Crippen molar-refractivity contribution >= 4 is 5.91 Å². The maximum absolute atomic E-state index is 12.6. The molecule has 0 unspecified atom stereocenters. The standard InChI is InChI=1S/C20H22N6O/c27-20(17-12-7-8-14-21-17)22-16-11-5-2-6-13-18(16)26-24-19(23-25-26)15-9-3-1-4-10-15/h1,3-4,7-10,12,14,16,18H,2,5-6,11,13H2,(H,22,27)/t16-,18-/m0/s1. The van der Waals surface area contributed by atoms with Crippen LogP contribution in [0.2, 0.25) is 0 Å². The fraction of sp³-hybridized carbons (Fsp3) is 0.350.